The highest BCUT2D eigenvalue weighted by atomic mass is 16.4. The summed E-state index contributed by atoms with van der Waals surface area (Å²) in [5, 5.41) is 11.9. The number of rotatable bonds is 3. The SMILES string of the molecule is Cc1ccc(NC(=O)c2ccc(C(C)(C)C)cc2)c(C(=O)O)c1. The van der Waals surface area contributed by atoms with Crippen molar-refractivity contribution in [1.82, 2.24) is 0 Å². The van der Waals surface area contributed by atoms with Crippen LogP contribution in [-0.2, 0) is 5.41 Å². The molecule has 0 atom stereocenters. The quantitative estimate of drug-likeness (QED) is 0.891. The van der Waals surface area contributed by atoms with Crippen molar-refractivity contribution in [2.24, 2.45) is 0 Å². The van der Waals surface area contributed by atoms with E-state index in [4.69, 9.17) is 0 Å². The van der Waals surface area contributed by atoms with Gasteiger partial charge in [-0.15, -0.1) is 0 Å². The molecule has 1 amide bonds. The van der Waals surface area contributed by atoms with E-state index in [1.54, 1.807) is 30.3 Å². The molecule has 2 rings (SSSR count). The third-order valence-corrected chi connectivity index (χ3v) is 3.67. The summed E-state index contributed by atoms with van der Waals surface area (Å²) in [5.41, 5.74) is 2.86. The monoisotopic (exact) mass is 311 g/mol. The summed E-state index contributed by atoms with van der Waals surface area (Å²) in [4.78, 5) is 23.6. The lowest BCUT2D eigenvalue weighted by Crippen LogP contribution is -2.16. The second kappa shape index (κ2) is 6.24. The lowest BCUT2D eigenvalue weighted by Gasteiger charge is -2.19. The van der Waals surface area contributed by atoms with Crippen molar-refractivity contribution in [3.63, 3.8) is 0 Å². The largest absolute Gasteiger partial charge is 0.478 e. The van der Waals surface area contributed by atoms with E-state index in [0.717, 1.165) is 11.1 Å². The van der Waals surface area contributed by atoms with Gasteiger partial charge in [-0.1, -0.05) is 44.5 Å². The molecule has 23 heavy (non-hydrogen) atoms. The molecule has 0 spiro atoms. The molecule has 0 unspecified atom stereocenters. The van der Waals surface area contributed by atoms with E-state index in [1.807, 2.05) is 19.1 Å². The molecule has 0 aromatic heterocycles. The number of aryl methyl sites for hydroxylation is 1. The Morgan fingerprint density at radius 2 is 1.61 bits per heavy atom. The fraction of sp³-hybridized carbons (Fsp3) is 0.263. The molecule has 4 heteroatoms. The minimum Gasteiger partial charge on any atom is -0.478 e. The van der Waals surface area contributed by atoms with E-state index in [9.17, 15) is 14.7 Å². The van der Waals surface area contributed by atoms with Crippen molar-refractivity contribution < 1.29 is 14.7 Å². The summed E-state index contributed by atoms with van der Waals surface area (Å²) in [5.74, 6) is -1.39. The number of benzene rings is 2. The number of carboxylic acid groups (broad SMARTS) is 1. The number of hydrogen-bond donors (Lipinski definition) is 2. The van der Waals surface area contributed by atoms with Gasteiger partial charge in [-0.2, -0.15) is 0 Å². The molecular weight excluding hydrogens is 290 g/mol. The molecule has 0 fully saturated rings. The first kappa shape index (κ1) is 16.7. The fourth-order valence-corrected chi connectivity index (χ4v) is 2.26. The van der Waals surface area contributed by atoms with Gasteiger partial charge in [-0.05, 0) is 42.2 Å². The highest BCUT2D eigenvalue weighted by molar-refractivity contribution is 6.07. The van der Waals surface area contributed by atoms with Crippen LogP contribution in [0.4, 0.5) is 5.69 Å². The lowest BCUT2D eigenvalue weighted by molar-refractivity contribution is 0.0698. The maximum Gasteiger partial charge on any atom is 0.337 e. The number of carboxylic acids is 1. The standard InChI is InChI=1S/C19H21NO3/c1-12-5-10-16(15(11-12)18(22)23)20-17(21)13-6-8-14(9-7-13)19(2,3)4/h5-11H,1-4H3,(H,20,21)(H,22,23). The molecule has 2 aromatic rings. The topological polar surface area (TPSA) is 66.4 Å². The summed E-state index contributed by atoms with van der Waals surface area (Å²) >= 11 is 0. The molecule has 0 bridgehead atoms. The molecule has 2 N–H and O–H groups in total. The Hall–Kier alpha value is -2.62. The molecule has 0 aliphatic heterocycles. The Kier molecular flexibility index (Phi) is 4.55. The van der Waals surface area contributed by atoms with Gasteiger partial charge in [0.15, 0.2) is 0 Å². The number of carbonyl (C=O) groups is 2. The van der Waals surface area contributed by atoms with Crippen LogP contribution in [0.1, 0.15) is 52.6 Å². The zero-order valence-electron chi connectivity index (χ0n) is 13.8. The van der Waals surface area contributed by atoms with E-state index in [1.165, 1.54) is 0 Å². The van der Waals surface area contributed by atoms with Crippen molar-refractivity contribution in [3.8, 4) is 0 Å². The number of aromatic carboxylic acids is 1. The number of amides is 1. The van der Waals surface area contributed by atoms with Gasteiger partial charge in [0.2, 0.25) is 0 Å². The summed E-state index contributed by atoms with van der Waals surface area (Å²) in [6, 6.07) is 12.3. The van der Waals surface area contributed by atoms with Crippen molar-refractivity contribution in [1.29, 1.82) is 0 Å². The minimum absolute atomic E-state index is 0.0163. The van der Waals surface area contributed by atoms with Gasteiger partial charge in [-0.3, -0.25) is 4.79 Å². The van der Waals surface area contributed by atoms with Crippen LogP contribution in [0.25, 0.3) is 0 Å². The number of carbonyl (C=O) groups excluding carboxylic acids is 1. The van der Waals surface area contributed by atoms with Crippen LogP contribution in [0.3, 0.4) is 0 Å². The highest BCUT2D eigenvalue weighted by Crippen LogP contribution is 2.23. The zero-order valence-corrected chi connectivity index (χ0v) is 13.8. The van der Waals surface area contributed by atoms with Crippen LogP contribution in [-0.4, -0.2) is 17.0 Å². The van der Waals surface area contributed by atoms with Crippen LogP contribution < -0.4 is 5.32 Å². The fourth-order valence-electron chi connectivity index (χ4n) is 2.26. The molecule has 120 valence electrons. The number of anilines is 1. The Bertz CT molecular complexity index is 740. The molecule has 0 aliphatic rings. The Morgan fingerprint density at radius 1 is 1.00 bits per heavy atom. The van der Waals surface area contributed by atoms with Crippen molar-refractivity contribution in [2.45, 2.75) is 33.1 Å². The normalized spacial score (nSPS) is 11.1. The molecule has 4 nitrogen and oxygen atoms in total. The Labute approximate surface area is 136 Å². The Balaban J connectivity index is 2.24. The summed E-state index contributed by atoms with van der Waals surface area (Å²) in [7, 11) is 0. The van der Waals surface area contributed by atoms with E-state index in [-0.39, 0.29) is 16.9 Å². The van der Waals surface area contributed by atoms with Gasteiger partial charge >= 0.3 is 5.97 Å². The van der Waals surface area contributed by atoms with Crippen molar-refractivity contribution in [2.75, 3.05) is 5.32 Å². The molecule has 2 aromatic carbocycles. The third kappa shape index (κ3) is 3.97. The molecule has 0 aliphatic carbocycles. The molecule has 0 heterocycles. The smallest absolute Gasteiger partial charge is 0.337 e. The van der Waals surface area contributed by atoms with Crippen LogP contribution in [0.5, 0.6) is 0 Å². The Morgan fingerprint density at radius 3 is 2.13 bits per heavy atom. The predicted molar refractivity (Wildman–Crippen MR) is 91.2 cm³/mol. The second-order valence-electron chi connectivity index (χ2n) is 6.64. The maximum atomic E-state index is 12.3. The average molecular weight is 311 g/mol. The van der Waals surface area contributed by atoms with Crippen LogP contribution in [0.2, 0.25) is 0 Å². The minimum atomic E-state index is -1.06. The van der Waals surface area contributed by atoms with E-state index in [2.05, 4.69) is 26.1 Å². The second-order valence-corrected chi connectivity index (χ2v) is 6.64. The lowest BCUT2D eigenvalue weighted by atomic mass is 9.86. The maximum absolute atomic E-state index is 12.3. The number of hydrogen-bond acceptors (Lipinski definition) is 2. The van der Waals surface area contributed by atoms with Gasteiger partial charge in [0.25, 0.3) is 5.91 Å². The zero-order chi connectivity index (χ0) is 17.2. The first-order valence-corrected chi connectivity index (χ1v) is 7.44. The summed E-state index contributed by atoms with van der Waals surface area (Å²) in [6.45, 7) is 8.12. The summed E-state index contributed by atoms with van der Waals surface area (Å²) in [6.07, 6.45) is 0. The van der Waals surface area contributed by atoms with Crippen molar-refractivity contribution in [3.05, 3.63) is 64.7 Å². The highest BCUT2D eigenvalue weighted by Gasteiger charge is 2.16. The van der Waals surface area contributed by atoms with Gasteiger partial charge in [-0.25, -0.2) is 4.79 Å². The third-order valence-electron chi connectivity index (χ3n) is 3.67. The first-order chi connectivity index (χ1) is 10.7. The van der Waals surface area contributed by atoms with Gasteiger partial charge in [0.1, 0.15) is 0 Å². The van der Waals surface area contributed by atoms with Crippen molar-refractivity contribution >= 4 is 17.6 Å². The molecular formula is C19H21NO3. The van der Waals surface area contributed by atoms with Gasteiger partial charge in [0, 0.05) is 5.56 Å². The van der Waals surface area contributed by atoms with E-state index in [0.29, 0.717) is 11.3 Å². The van der Waals surface area contributed by atoms with Crippen LogP contribution in [0.15, 0.2) is 42.5 Å². The van der Waals surface area contributed by atoms with Crippen LogP contribution >= 0.6 is 0 Å². The predicted octanol–water partition coefficient (Wildman–Crippen LogP) is 4.24. The van der Waals surface area contributed by atoms with Crippen LogP contribution in [0, 0.1) is 6.92 Å². The molecule has 0 saturated heterocycles. The summed E-state index contributed by atoms with van der Waals surface area (Å²) < 4.78 is 0. The average Bonchev–Trinajstić information content (AvgIpc) is 2.48. The molecule has 0 saturated carbocycles. The molecule has 0 radical (unpaired) electrons. The van der Waals surface area contributed by atoms with E-state index < -0.39 is 5.97 Å². The van der Waals surface area contributed by atoms with Gasteiger partial charge < -0.3 is 10.4 Å². The van der Waals surface area contributed by atoms with E-state index >= 15 is 0 Å². The number of nitrogens with one attached hydrogen (secondary N) is 1. The van der Waals surface area contributed by atoms with Gasteiger partial charge in [0.05, 0.1) is 11.3 Å². The first-order valence-electron chi connectivity index (χ1n) is 7.44.